The van der Waals surface area contributed by atoms with Crippen LogP contribution < -0.4 is 0 Å². The number of aryl methyl sites for hydroxylation is 1. The van der Waals surface area contributed by atoms with Crippen molar-refractivity contribution in [2.24, 2.45) is 0 Å². The van der Waals surface area contributed by atoms with Crippen molar-refractivity contribution in [3.63, 3.8) is 0 Å². The van der Waals surface area contributed by atoms with E-state index in [4.69, 9.17) is 5.11 Å². The third-order valence-electron chi connectivity index (χ3n) is 1.37. The molecule has 0 aliphatic heterocycles. The van der Waals surface area contributed by atoms with E-state index in [1.165, 1.54) is 0 Å². The Hall–Kier alpha value is 0.656. The van der Waals surface area contributed by atoms with Gasteiger partial charge >= 0.3 is 51.4 Å². The fourth-order valence-electron chi connectivity index (χ4n) is 0.810. The van der Waals surface area contributed by atoms with Crippen molar-refractivity contribution in [1.29, 1.82) is 0 Å². The number of phenolic OH excluding ortho intramolecular Hbond substituents is 1. The molecule has 0 spiro atoms. The van der Waals surface area contributed by atoms with Gasteiger partial charge in [-0.05, 0) is 18.1 Å². The van der Waals surface area contributed by atoms with Gasteiger partial charge < -0.3 is 5.11 Å². The van der Waals surface area contributed by atoms with Gasteiger partial charge in [-0.25, -0.2) is 0 Å². The second kappa shape index (κ2) is 5.33. The zero-order valence-electron chi connectivity index (χ0n) is 5.46. The number of hydrogen-bond acceptors (Lipinski definition) is 1. The van der Waals surface area contributed by atoms with Crippen molar-refractivity contribution >= 4 is 51.4 Å². The van der Waals surface area contributed by atoms with Gasteiger partial charge in [0.15, 0.2) is 0 Å². The van der Waals surface area contributed by atoms with Crippen LogP contribution in [0.15, 0.2) is 24.3 Å². The Morgan fingerprint density at radius 2 is 1.90 bits per heavy atom. The summed E-state index contributed by atoms with van der Waals surface area (Å²) in [6, 6.07) is 7.39. The van der Waals surface area contributed by atoms with E-state index in [1.54, 1.807) is 6.07 Å². The molecule has 0 aliphatic rings. The van der Waals surface area contributed by atoms with E-state index in [9.17, 15) is 0 Å². The molecule has 0 atom stereocenters. The van der Waals surface area contributed by atoms with Crippen LogP contribution in [0.3, 0.4) is 0 Å². The summed E-state index contributed by atoms with van der Waals surface area (Å²) in [7, 11) is 0. The average Bonchev–Trinajstić information content (AvgIpc) is 1.89. The molecule has 0 fully saturated rings. The molecule has 0 aromatic heterocycles. The van der Waals surface area contributed by atoms with Gasteiger partial charge in [-0.15, -0.1) is 0 Å². The van der Waals surface area contributed by atoms with Crippen molar-refractivity contribution < 1.29 is 5.11 Å². The van der Waals surface area contributed by atoms with Crippen molar-refractivity contribution in [3.05, 3.63) is 29.8 Å². The predicted molar refractivity (Wildman–Crippen MR) is 44.6 cm³/mol. The first-order valence-corrected chi connectivity index (χ1v) is 3.11. The molecule has 1 aromatic rings. The predicted octanol–water partition coefficient (Wildman–Crippen LogP) is 1.31. The Balaban J connectivity index is 0.000000810. The van der Waals surface area contributed by atoms with Crippen molar-refractivity contribution in [1.82, 2.24) is 0 Å². The summed E-state index contributed by atoms with van der Waals surface area (Å²) >= 11 is 0. The zero-order chi connectivity index (χ0) is 6.69. The van der Waals surface area contributed by atoms with Crippen LogP contribution in [0, 0.1) is 0 Å². The third-order valence-corrected chi connectivity index (χ3v) is 1.37. The first-order valence-electron chi connectivity index (χ1n) is 3.11. The molecule has 1 nitrogen and oxygen atoms in total. The number of rotatable bonds is 1. The van der Waals surface area contributed by atoms with Crippen LogP contribution in [0.2, 0.25) is 0 Å². The van der Waals surface area contributed by atoms with Gasteiger partial charge in [0.05, 0.1) is 0 Å². The quantitative estimate of drug-likeness (QED) is 0.617. The van der Waals surface area contributed by atoms with Gasteiger partial charge in [0, 0.05) is 0 Å². The van der Waals surface area contributed by atoms with Crippen LogP contribution >= 0.6 is 0 Å². The molecule has 0 radical (unpaired) electrons. The summed E-state index contributed by atoms with van der Waals surface area (Å²) in [5.41, 5.74) is 1.01. The van der Waals surface area contributed by atoms with Gasteiger partial charge in [-0.3, -0.25) is 0 Å². The van der Waals surface area contributed by atoms with Crippen molar-refractivity contribution in [3.8, 4) is 5.75 Å². The number of hydrogen-bond donors (Lipinski definition) is 1. The van der Waals surface area contributed by atoms with Crippen LogP contribution in [0.25, 0.3) is 0 Å². The molecule has 1 aromatic carbocycles. The first-order chi connectivity index (χ1) is 4.34. The van der Waals surface area contributed by atoms with Crippen LogP contribution in [0.5, 0.6) is 5.75 Å². The summed E-state index contributed by atoms with van der Waals surface area (Å²) < 4.78 is 0. The molecule has 2 heteroatoms. The molecule has 0 unspecified atom stereocenters. The van der Waals surface area contributed by atoms with Crippen LogP contribution in [0.1, 0.15) is 12.5 Å². The van der Waals surface area contributed by atoms with Crippen LogP contribution in [0.4, 0.5) is 0 Å². The van der Waals surface area contributed by atoms with E-state index in [0.29, 0.717) is 5.75 Å². The molecule has 1 rings (SSSR count). The molecule has 0 saturated heterocycles. The number of para-hydroxylation sites is 1. The van der Waals surface area contributed by atoms with E-state index >= 15 is 0 Å². The van der Waals surface area contributed by atoms with Gasteiger partial charge in [0.25, 0.3) is 0 Å². The zero-order valence-corrected chi connectivity index (χ0v) is 5.46. The average molecular weight is 162 g/mol. The molecule has 0 aliphatic carbocycles. The van der Waals surface area contributed by atoms with Gasteiger partial charge in [0.2, 0.25) is 0 Å². The van der Waals surface area contributed by atoms with Gasteiger partial charge in [-0.1, -0.05) is 25.1 Å². The summed E-state index contributed by atoms with van der Waals surface area (Å²) in [5, 5.41) is 9.11. The fourth-order valence-corrected chi connectivity index (χ4v) is 0.810. The Kier molecular flexibility index (Phi) is 5.68. The molecular formula is C8H11KO. The molecule has 10 heavy (non-hydrogen) atoms. The standard InChI is InChI=1S/C8H10O.K.H/c1-2-7-5-3-4-6-8(7)9;;/h3-6,9H,2H2,1H3;;. The van der Waals surface area contributed by atoms with Crippen molar-refractivity contribution in [2.45, 2.75) is 13.3 Å². The number of aromatic hydroxyl groups is 1. The SMILES string of the molecule is CCc1ccccc1O.[KH]. The molecule has 0 bridgehead atoms. The minimum absolute atomic E-state index is 0. The summed E-state index contributed by atoms with van der Waals surface area (Å²) in [4.78, 5) is 0. The van der Waals surface area contributed by atoms with E-state index in [-0.39, 0.29) is 51.4 Å². The molecule has 50 valence electrons. The molecule has 1 N–H and O–H groups in total. The number of phenols is 1. The maximum absolute atomic E-state index is 9.11. The Morgan fingerprint density at radius 1 is 1.30 bits per heavy atom. The van der Waals surface area contributed by atoms with Gasteiger partial charge in [-0.2, -0.15) is 0 Å². The molecule has 0 amide bonds. The summed E-state index contributed by atoms with van der Waals surface area (Å²) in [6.07, 6.45) is 0.896. The summed E-state index contributed by atoms with van der Waals surface area (Å²) in [5.74, 6) is 0.403. The van der Waals surface area contributed by atoms with E-state index in [2.05, 4.69) is 0 Å². The van der Waals surface area contributed by atoms with Gasteiger partial charge in [0.1, 0.15) is 5.75 Å². The Labute approximate surface area is 104 Å². The van der Waals surface area contributed by atoms with E-state index in [0.717, 1.165) is 12.0 Å². The number of benzene rings is 1. The Morgan fingerprint density at radius 3 is 2.30 bits per heavy atom. The second-order valence-corrected chi connectivity index (χ2v) is 1.98. The summed E-state index contributed by atoms with van der Waals surface area (Å²) in [6.45, 7) is 2.02. The maximum atomic E-state index is 9.11. The third kappa shape index (κ3) is 2.72. The van der Waals surface area contributed by atoms with Crippen molar-refractivity contribution in [2.75, 3.05) is 0 Å². The Bertz CT molecular complexity index is 198. The monoisotopic (exact) mass is 162 g/mol. The normalized spacial score (nSPS) is 8.50. The van der Waals surface area contributed by atoms with E-state index in [1.807, 2.05) is 25.1 Å². The minimum atomic E-state index is 0. The molecular weight excluding hydrogens is 151 g/mol. The van der Waals surface area contributed by atoms with E-state index < -0.39 is 0 Å². The second-order valence-electron chi connectivity index (χ2n) is 1.98. The van der Waals surface area contributed by atoms with Crippen LogP contribution in [-0.2, 0) is 6.42 Å². The molecule has 0 heterocycles. The molecule has 0 saturated carbocycles. The first kappa shape index (κ1) is 10.7. The van der Waals surface area contributed by atoms with Crippen LogP contribution in [-0.4, -0.2) is 56.5 Å². The fraction of sp³-hybridized carbons (Fsp3) is 0.250. The topological polar surface area (TPSA) is 20.2 Å².